The van der Waals surface area contributed by atoms with E-state index in [1.807, 2.05) is 0 Å². The number of nitrogens with zero attached hydrogens (tertiary/aromatic N) is 1. The van der Waals surface area contributed by atoms with Crippen molar-refractivity contribution in [2.24, 2.45) is 41.4 Å². The molecule has 3 unspecified atom stereocenters. The van der Waals surface area contributed by atoms with Gasteiger partial charge in [0.1, 0.15) is 0 Å². The third kappa shape index (κ3) is 6.53. The van der Waals surface area contributed by atoms with Crippen LogP contribution >= 0.6 is 0 Å². The third-order valence-corrected chi connectivity index (χ3v) is 10.9. The molecule has 0 aromatic rings. The Morgan fingerprint density at radius 3 is 1.66 bits per heavy atom. The van der Waals surface area contributed by atoms with E-state index in [9.17, 15) is 0 Å². The molecule has 0 aromatic heterocycles. The van der Waals surface area contributed by atoms with Gasteiger partial charge in [-0.2, -0.15) is 0 Å². The lowest BCUT2D eigenvalue weighted by atomic mass is 9.67. The molecule has 2 nitrogen and oxygen atoms in total. The van der Waals surface area contributed by atoms with Crippen molar-refractivity contribution in [1.29, 1.82) is 0 Å². The Morgan fingerprint density at radius 2 is 0.938 bits per heavy atom. The molecule has 0 amide bonds. The van der Waals surface area contributed by atoms with Crippen LogP contribution in [0.2, 0.25) is 0 Å². The Kier molecular flexibility index (Phi) is 8.91. The fourth-order valence-corrected chi connectivity index (χ4v) is 8.98. The van der Waals surface area contributed by atoms with E-state index in [1.54, 1.807) is 44.9 Å². The van der Waals surface area contributed by atoms with Crippen LogP contribution < -0.4 is 5.32 Å². The molecule has 184 valence electrons. The van der Waals surface area contributed by atoms with Crippen LogP contribution in [0, 0.1) is 41.4 Å². The summed E-state index contributed by atoms with van der Waals surface area (Å²) in [6, 6.07) is 0. The molecule has 0 bridgehead atoms. The van der Waals surface area contributed by atoms with Crippen LogP contribution in [0.3, 0.4) is 0 Å². The molecule has 0 radical (unpaired) electrons. The van der Waals surface area contributed by atoms with Gasteiger partial charge in [-0.15, -0.1) is 0 Å². The molecule has 1 N–H and O–H groups in total. The molecule has 0 spiro atoms. The van der Waals surface area contributed by atoms with Crippen LogP contribution in [0.5, 0.6) is 0 Å². The van der Waals surface area contributed by atoms with Crippen molar-refractivity contribution in [3.05, 3.63) is 0 Å². The zero-order chi connectivity index (χ0) is 21.6. The van der Waals surface area contributed by atoms with Gasteiger partial charge < -0.3 is 10.2 Å². The van der Waals surface area contributed by atoms with Gasteiger partial charge in [0.2, 0.25) is 0 Å². The van der Waals surface area contributed by atoms with Gasteiger partial charge in [0.15, 0.2) is 0 Å². The molecule has 5 fully saturated rings. The molecular formula is C30H54N2. The fraction of sp³-hybridized carbons (Fsp3) is 1.00. The van der Waals surface area contributed by atoms with Gasteiger partial charge in [-0.05, 0) is 125 Å². The van der Waals surface area contributed by atoms with Crippen molar-refractivity contribution in [3.8, 4) is 0 Å². The number of rotatable bonds is 7. The minimum atomic E-state index is 1.00. The summed E-state index contributed by atoms with van der Waals surface area (Å²) in [7, 11) is 0. The van der Waals surface area contributed by atoms with E-state index in [1.165, 1.54) is 103 Å². The minimum absolute atomic E-state index is 1.00. The molecule has 4 aliphatic carbocycles. The summed E-state index contributed by atoms with van der Waals surface area (Å²) < 4.78 is 0. The summed E-state index contributed by atoms with van der Waals surface area (Å²) in [4.78, 5) is 3.04. The predicted molar refractivity (Wildman–Crippen MR) is 137 cm³/mol. The molecule has 5 aliphatic rings. The van der Waals surface area contributed by atoms with Gasteiger partial charge in [0, 0.05) is 19.6 Å². The average molecular weight is 443 g/mol. The fourth-order valence-electron chi connectivity index (χ4n) is 8.98. The lowest BCUT2D eigenvalue weighted by molar-refractivity contribution is 0.0767. The van der Waals surface area contributed by atoms with Crippen molar-refractivity contribution >= 4 is 0 Å². The summed E-state index contributed by atoms with van der Waals surface area (Å²) >= 11 is 0. The van der Waals surface area contributed by atoms with Gasteiger partial charge in [-0.25, -0.2) is 0 Å². The van der Waals surface area contributed by atoms with Crippen molar-refractivity contribution in [1.82, 2.24) is 10.2 Å². The van der Waals surface area contributed by atoms with Crippen LogP contribution in [-0.4, -0.2) is 37.6 Å². The topological polar surface area (TPSA) is 15.3 Å². The Balaban J connectivity index is 1.13. The van der Waals surface area contributed by atoms with E-state index in [4.69, 9.17) is 0 Å². The van der Waals surface area contributed by atoms with Crippen molar-refractivity contribution in [3.63, 3.8) is 0 Å². The van der Waals surface area contributed by atoms with Crippen molar-refractivity contribution in [2.45, 2.75) is 116 Å². The molecule has 1 heterocycles. The monoisotopic (exact) mass is 442 g/mol. The molecule has 32 heavy (non-hydrogen) atoms. The summed E-state index contributed by atoms with van der Waals surface area (Å²) in [5.41, 5.74) is 0. The van der Waals surface area contributed by atoms with E-state index in [0.29, 0.717) is 0 Å². The van der Waals surface area contributed by atoms with Crippen LogP contribution in [0.15, 0.2) is 0 Å². The number of fused-ring (bicyclic) bond motifs is 1. The SMILES string of the molecule is C1CCC(CN(CC2CCC(C3CCNCC3)CC2)CC2CCC3CCCCC3C2)CC1. The van der Waals surface area contributed by atoms with E-state index in [0.717, 1.165) is 41.4 Å². The third-order valence-electron chi connectivity index (χ3n) is 10.9. The summed E-state index contributed by atoms with van der Waals surface area (Å²) in [6.45, 7) is 6.90. The van der Waals surface area contributed by atoms with Gasteiger partial charge in [-0.3, -0.25) is 0 Å². The molecular weight excluding hydrogens is 388 g/mol. The number of nitrogens with one attached hydrogen (secondary N) is 1. The number of hydrogen-bond acceptors (Lipinski definition) is 2. The Morgan fingerprint density at radius 1 is 0.438 bits per heavy atom. The lowest BCUT2D eigenvalue weighted by Crippen LogP contribution is -2.41. The Labute approximate surface area is 200 Å². The summed E-state index contributed by atoms with van der Waals surface area (Å²) in [5, 5.41) is 3.58. The highest BCUT2D eigenvalue weighted by Gasteiger charge is 2.34. The van der Waals surface area contributed by atoms with Crippen LogP contribution in [0.25, 0.3) is 0 Å². The van der Waals surface area contributed by atoms with Gasteiger partial charge in [-0.1, -0.05) is 44.9 Å². The van der Waals surface area contributed by atoms with Crippen LogP contribution in [0.1, 0.15) is 116 Å². The second-order valence-electron chi connectivity index (χ2n) is 13.1. The first-order valence-electron chi connectivity index (χ1n) is 15.3. The number of hydrogen-bond donors (Lipinski definition) is 1. The molecule has 0 aromatic carbocycles. The predicted octanol–water partition coefficient (Wildman–Crippen LogP) is 7.28. The first-order chi connectivity index (χ1) is 15.8. The molecule has 3 atom stereocenters. The first-order valence-corrected chi connectivity index (χ1v) is 15.3. The second-order valence-corrected chi connectivity index (χ2v) is 13.1. The Bertz CT molecular complexity index is 527. The van der Waals surface area contributed by atoms with E-state index < -0.39 is 0 Å². The average Bonchev–Trinajstić information content (AvgIpc) is 2.85. The van der Waals surface area contributed by atoms with Crippen LogP contribution in [0.4, 0.5) is 0 Å². The molecule has 5 rings (SSSR count). The van der Waals surface area contributed by atoms with Crippen molar-refractivity contribution < 1.29 is 0 Å². The zero-order valence-electron chi connectivity index (χ0n) is 21.3. The summed E-state index contributed by atoms with van der Waals surface area (Å²) in [5.74, 6) is 7.34. The quantitative estimate of drug-likeness (QED) is 0.445. The number of piperidine rings is 1. The van der Waals surface area contributed by atoms with Gasteiger partial charge >= 0.3 is 0 Å². The lowest BCUT2D eigenvalue weighted by Gasteiger charge is -2.42. The maximum Gasteiger partial charge on any atom is 0.000999 e. The zero-order valence-corrected chi connectivity index (χ0v) is 21.3. The normalized spacial score (nSPS) is 38.0. The highest BCUT2D eigenvalue weighted by molar-refractivity contribution is 4.87. The van der Waals surface area contributed by atoms with E-state index >= 15 is 0 Å². The Hall–Kier alpha value is -0.0800. The maximum absolute atomic E-state index is 3.58. The maximum atomic E-state index is 3.58. The van der Waals surface area contributed by atoms with Gasteiger partial charge in [0.05, 0.1) is 0 Å². The first kappa shape index (κ1) is 23.7. The molecule has 1 saturated heterocycles. The highest BCUT2D eigenvalue weighted by atomic mass is 15.1. The van der Waals surface area contributed by atoms with Gasteiger partial charge in [0.25, 0.3) is 0 Å². The smallest absolute Gasteiger partial charge is 0.000999 e. The van der Waals surface area contributed by atoms with Crippen molar-refractivity contribution in [2.75, 3.05) is 32.7 Å². The standard InChI is InChI=1S/C30H54N2/c1-2-6-24(7-3-1)21-32(23-26-12-15-27-8-4-5-9-30(27)20-26)22-25-10-13-28(14-11-25)29-16-18-31-19-17-29/h24-31H,1-23H2. The molecule has 2 heteroatoms. The highest BCUT2D eigenvalue weighted by Crippen LogP contribution is 2.43. The summed E-state index contributed by atoms with van der Waals surface area (Å²) in [6.07, 6.45) is 27.5. The largest absolute Gasteiger partial charge is 0.317 e. The molecule has 1 aliphatic heterocycles. The van der Waals surface area contributed by atoms with E-state index in [2.05, 4.69) is 10.2 Å². The minimum Gasteiger partial charge on any atom is -0.317 e. The molecule has 4 saturated carbocycles. The van der Waals surface area contributed by atoms with Crippen LogP contribution in [-0.2, 0) is 0 Å². The second kappa shape index (κ2) is 12.1. The van der Waals surface area contributed by atoms with E-state index in [-0.39, 0.29) is 0 Å².